The number of carboxylic acid groups (broad SMARTS) is 1. The van der Waals surface area contributed by atoms with E-state index in [2.05, 4.69) is 10.3 Å². The predicted molar refractivity (Wildman–Crippen MR) is 91.1 cm³/mol. The van der Waals surface area contributed by atoms with Crippen LogP contribution in [-0.4, -0.2) is 28.1 Å². The zero-order valence-corrected chi connectivity index (χ0v) is 14.6. The van der Waals surface area contributed by atoms with Gasteiger partial charge in [0.1, 0.15) is 16.0 Å². The summed E-state index contributed by atoms with van der Waals surface area (Å²) in [6, 6.07) is 9.23. The fraction of sp³-hybridized carbons (Fsp3) is 0.353. The van der Waals surface area contributed by atoms with E-state index in [1.54, 1.807) is 20.8 Å². The van der Waals surface area contributed by atoms with Crippen molar-refractivity contribution < 1.29 is 19.4 Å². The minimum absolute atomic E-state index is 0.194. The SMILES string of the molecule is Cc1nc(C(C)NC(=O)C(C)OCc2ccccc2)sc1C(=O)O. The average Bonchev–Trinajstić information content (AvgIpc) is 2.95. The normalized spacial score (nSPS) is 13.3. The Balaban J connectivity index is 1.90. The lowest BCUT2D eigenvalue weighted by molar-refractivity contribution is -0.133. The molecule has 1 aromatic carbocycles. The molecule has 1 aromatic heterocycles. The van der Waals surface area contributed by atoms with Gasteiger partial charge in [0.15, 0.2) is 0 Å². The van der Waals surface area contributed by atoms with E-state index >= 15 is 0 Å². The van der Waals surface area contributed by atoms with Crippen LogP contribution in [0.2, 0.25) is 0 Å². The standard InChI is InChI=1S/C17H20N2O4S/c1-10-14(17(21)22)24-16(19-10)11(2)18-15(20)12(3)23-9-13-7-5-4-6-8-13/h4-8,11-12H,9H2,1-3H3,(H,18,20)(H,21,22). The Labute approximate surface area is 144 Å². The molecule has 2 aromatic rings. The van der Waals surface area contributed by atoms with E-state index in [-0.39, 0.29) is 16.8 Å². The second kappa shape index (κ2) is 8.03. The van der Waals surface area contributed by atoms with Gasteiger partial charge < -0.3 is 15.2 Å². The number of ether oxygens (including phenoxy) is 1. The van der Waals surface area contributed by atoms with Crippen molar-refractivity contribution in [2.75, 3.05) is 0 Å². The van der Waals surface area contributed by atoms with Gasteiger partial charge in [-0.05, 0) is 26.3 Å². The summed E-state index contributed by atoms with van der Waals surface area (Å²) in [6.07, 6.45) is -0.618. The fourth-order valence-electron chi connectivity index (χ4n) is 2.06. The number of amides is 1. The van der Waals surface area contributed by atoms with E-state index in [0.29, 0.717) is 17.3 Å². The summed E-state index contributed by atoms with van der Waals surface area (Å²) in [7, 11) is 0. The van der Waals surface area contributed by atoms with Crippen LogP contribution < -0.4 is 5.32 Å². The highest BCUT2D eigenvalue weighted by Gasteiger charge is 2.21. The maximum Gasteiger partial charge on any atom is 0.347 e. The highest BCUT2D eigenvalue weighted by atomic mass is 32.1. The van der Waals surface area contributed by atoms with Crippen molar-refractivity contribution in [1.82, 2.24) is 10.3 Å². The molecule has 2 N–H and O–H groups in total. The van der Waals surface area contributed by atoms with Crippen molar-refractivity contribution in [3.63, 3.8) is 0 Å². The van der Waals surface area contributed by atoms with E-state index in [4.69, 9.17) is 9.84 Å². The Morgan fingerprint density at radius 3 is 2.54 bits per heavy atom. The number of hydrogen-bond acceptors (Lipinski definition) is 5. The Kier molecular flexibility index (Phi) is 6.05. The lowest BCUT2D eigenvalue weighted by Crippen LogP contribution is -2.36. The van der Waals surface area contributed by atoms with Gasteiger partial charge >= 0.3 is 5.97 Å². The van der Waals surface area contributed by atoms with Crippen LogP contribution in [0, 0.1) is 6.92 Å². The smallest absolute Gasteiger partial charge is 0.347 e. The molecule has 0 radical (unpaired) electrons. The Bertz CT molecular complexity index is 715. The predicted octanol–water partition coefficient (Wildman–Crippen LogP) is 2.93. The van der Waals surface area contributed by atoms with Crippen LogP contribution in [0.5, 0.6) is 0 Å². The summed E-state index contributed by atoms with van der Waals surface area (Å²) >= 11 is 1.07. The molecule has 7 heteroatoms. The highest BCUT2D eigenvalue weighted by Crippen LogP contribution is 2.23. The van der Waals surface area contributed by atoms with E-state index in [1.165, 1.54) is 0 Å². The van der Waals surface area contributed by atoms with Crippen LogP contribution in [0.3, 0.4) is 0 Å². The van der Waals surface area contributed by atoms with Gasteiger partial charge in [-0.15, -0.1) is 11.3 Å². The minimum atomic E-state index is -1.01. The molecule has 24 heavy (non-hydrogen) atoms. The minimum Gasteiger partial charge on any atom is -0.477 e. The molecule has 128 valence electrons. The number of aromatic nitrogens is 1. The van der Waals surface area contributed by atoms with Gasteiger partial charge in [-0.3, -0.25) is 4.79 Å². The second-order valence-corrected chi connectivity index (χ2v) is 6.47. The third kappa shape index (κ3) is 4.62. The molecule has 0 bridgehead atoms. The number of benzene rings is 1. The molecule has 0 aliphatic heterocycles. The van der Waals surface area contributed by atoms with Gasteiger partial charge in [-0.1, -0.05) is 30.3 Å². The first-order valence-corrected chi connectivity index (χ1v) is 8.36. The van der Waals surface area contributed by atoms with Crippen LogP contribution in [0.4, 0.5) is 0 Å². The third-order valence-corrected chi connectivity index (χ3v) is 4.78. The van der Waals surface area contributed by atoms with E-state index in [9.17, 15) is 9.59 Å². The monoisotopic (exact) mass is 348 g/mol. The van der Waals surface area contributed by atoms with E-state index < -0.39 is 12.1 Å². The summed E-state index contributed by atoms with van der Waals surface area (Å²) in [6.45, 7) is 5.44. The molecule has 0 aliphatic carbocycles. The number of nitrogens with zero attached hydrogens (tertiary/aromatic N) is 1. The number of carboxylic acids is 1. The van der Waals surface area contributed by atoms with Crippen molar-refractivity contribution in [3.8, 4) is 0 Å². The van der Waals surface area contributed by atoms with Crippen molar-refractivity contribution in [3.05, 3.63) is 51.5 Å². The summed E-state index contributed by atoms with van der Waals surface area (Å²) in [5.41, 5.74) is 1.45. The lowest BCUT2D eigenvalue weighted by Gasteiger charge is -2.16. The zero-order valence-electron chi connectivity index (χ0n) is 13.8. The molecule has 2 rings (SSSR count). The molecule has 1 amide bonds. The third-order valence-electron chi connectivity index (χ3n) is 3.45. The average molecular weight is 348 g/mol. The summed E-state index contributed by atoms with van der Waals surface area (Å²) in [5, 5.41) is 12.4. The summed E-state index contributed by atoms with van der Waals surface area (Å²) < 4.78 is 5.57. The van der Waals surface area contributed by atoms with Gasteiger partial charge in [0.25, 0.3) is 0 Å². The maximum atomic E-state index is 12.2. The number of nitrogens with one attached hydrogen (secondary N) is 1. The highest BCUT2D eigenvalue weighted by molar-refractivity contribution is 7.13. The number of rotatable bonds is 7. The molecular weight excluding hydrogens is 328 g/mol. The Morgan fingerprint density at radius 1 is 1.29 bits per heavy atom. The fourth-order valence-corrected chi connectivity index (χ4v) is 2.97. The van der Waals surface area contributed by atoms with Crippen LogP contribution in [0.1, 0.15) is 45.8 Å². The largest absolute Gasteiger partial charge is 0.477 e. The van der Waals surface area contributed by atoms with Crippen LogP contribution in [0.25, 0.3) is 0 Å². The van der Waals surface area contributed by atoms with Gasteiger partial charge in [-0.25, -0.2) is 9.78 Å². The first kappa shape index (κ1) is 18.1. The summed E-state index contributed by atoms with van der Waals surface area (Å²) in [4.78, 5) is 27.7. The first-order chi connectivity index (χ1) is 11.4. The number of aromatic carboxylic acids is 1. The van der Waals surface area contributed by atoms with Gasteiger partial charge in [-0.2, -0.15) is 0 Å². The lowest BCUT2D eigenvalue weighted by atomic mass is 10.2. The molecule has 1 heterocycles. The quantitative estimate of drug-likeness (QED) is 0.803. The van der Waals surface area contributed by atoms with Crippen molar-refractivity contribution in [1.29, 1.82) is 0 Å². The number of hydrogen-bond donors (Lipinski definition) is 2. The molecule has 6 nitrogen and oxygen atoms in total. The molecule has 0 spiro atoms. The number of thiazole rings is 1. The van der Waals surface area contributed by atoms with Gasteiger partial charge in [0, 0.05) is 0 Å². The second-order valence-electron chi connectivity index (χ2n) is 5.44. The number of aryl methyl sites for hydroxylation is 1. The zero-order chi connectivity index (χ0) is 17.7. The van der Waals surface area contributed by atoms with Crippen molar-refractivity contribution >= 4 is 23.2 Å². The van der Waals surface area contributed by atoms with Crippen LogP contribution >= 0.6 is 11.3 Å². The topological polar surface area (TPSA) is 88.5 Å². The molecule has 0 fully saturated rings. The summed E-state index contributed by atoms with van der Waals surface area (Å²) in [5.74, 6) is -1.27. The molecule has 0 aliphatic rings. The van der Waals surface area contributed by atoms with Gasteiger partial charge in [0.2, 0.25) is 5.91 Å². The molecule has 2 unspecified atom stereocenters. The number of carbonyl (C=O) groups excluding carboxylic acids is 1. The maximum absolute atomic E-state index is 12.2. The van der Waals surface area contributed by atoms with E-state index in [0.717, 1.165) is 16.9 Å². The van der Waals surface area contributed by atoms with Crippen molar-refractivity contribution in [2.45, 2.75) is 39.5 Å². The molecular formula is C17H20N2O4S. The van der Waals surface area contributed by atoms with Crippen LogP contribution in [0.15, 0.2) is 30.3 Å². The number of carbonyl (C=O) groups is 2. The van der Waals surface area contributed by atoms with Crippen LogP contribution in [-0.2, 0) is 16.1 Å². The van der Waals surface area contributed by atoms with Crippen molar-refractivity contribution in [2.24, 2.45) is 0 Å². The Hall–Kier alpha value is -2.25. The Morgan fingerprint density at radius 2 is 1.96 bits per heavy atom. The molecule has 0 saturated heterocycles. The van der Waals surface area contributed by atoms with Gasteiger partial charge in [0.05, 0.1) is 18.3 Å². The molecule has 0 saturated carbocycles. The molecule has 2 atom stereocenters. The first-order valence-electron chi connectivity index (χ1n) is 7.55. The van der Waals surface area contributed by atoms with E-state index in [1.807, 2.05) is 30.3 Å².